The molecule has 0 atom stereocenters. The second-order valence-corrected chi connectivity index (χ2v) is 5.21. The fourth-order valence-electron chi connectivity index (χ4n) is 1.89. The Balaban J connectivity index is 0. The van der Waals surface area contributed by atoms with Crippen molar-refractivity contribution in [3.63, 3.8) is 0 Å². The molecule has 0 rings (SSSR count). The van der Waals surface area contributed by atoms with Crippen molar-refractivity contribution in [3.05, 3.63) is 0 Å². The molecule has 0 saturated heterocycles. The molecule has 0 aliphatic heterocycles. The van der Waals surface area contributed by atoms with Crippen molar-refractivity contribution in [1.29, 1.82) is 0 Å². The van der Waals surface area contributed by atoms with E-state index in [0.29, 0.717) is 6.61 Å². The van der Waals surface area contributed by atoms with E-state index < -0.39 is 11.0 Å². The molecule has 0 aromatic heterocycles. The minimum Gasteiger partial charge on any atom is -0.424 e. The fourth-order valence-corrected chi connectivity index (χ4v) is 2.15. The van der Waals surface area contributed by atoms with Gasteiger partial charge in [-0.15, -0.1) is 0 Å². The predicted molar refractivity (Wildman–Crippen MR) is 71.2 cm³/mol. The normalized spacial score (nSPS) is 10.6. The minimum absolute atomic E-state index is 0. The molecule has 0 aromatic carbocycles. The van der Waals surface area contributed by atoms with Gasteiger partial charge >= 0.3 is 51.4 Å². The monoisotopic (exact) mass is 302 g/mol. The number of unbranched alkanes of at least 4 members (excludes halogenated alkanes) is 10. The van der Waals surface area contributed by atoms with Gasteiger partial charge in [-0.25, -0.2) is 0 Å². The molecule has 0 bridgehead atoms. The van der Waals surface area contributed by atoms with Crippen LogP contribution in [0.5, 0.6) is 0 Å². The van der Waals surface area contributed by atoms with Crippen LogP contribution in [0.1, 0.15) is 77.6 Å². The number of hydrogen-bond donors (Lipinski definition) is 0. The zero-order chi connectivity index (χ0) is 12.8. The summed E-state index contributed by atoms with van der Waals surface area (Å²) < 4.78 is 24.6. The molecule has 0 aliphatic carbocycles. The molecule has 0 heterocycles. The van der Waals surface area contributed by atoms with E-state index in [4.69, 9.17) is 0 Å². The first-order chi connectivity index (χ1) is 8.27. The summed E-state index contributed by atoms with van der Waals surface area (Å²) in [6.45, 7) is 2.58. The van der Waals surface area contributed by atoms with Crippen molar-refractivity contribution in [2.24, 2.45) is 0 Å². The Hall–Kier alpha value is 1.55. The molecule has 18 heavy (non-hydrogen) atoms. The van der Waals surface area contributed by atoms with Gasteiger partial charge in [0.25, 0.3) is 0 Å². The van der Waals surface area contributed by atoms with Crippen molar-refractivity contribution in [3.8, 4) is 0 Å². The molecule has 0 spiro atoms. The molecule has 0 radical (unpaired) electrons. The van der Waals surface area contributed by atoms with Gasteiger partial charge in [0.2, 0.25) is 0 Å². The molecule has 104 valence electrons. The van der Waals surface area contributed by atoms with Crippen molar-refractivity contribution < 1.29 is 64.0 Å². The first kappa shape index (κ1) is 21.8. The molecule has 5 heteroatoms. The SMILES string of the molecule is CCCCCCCCCCCCCO[S-](=O)=O.[K+]. The van der Waals surface area contributed by atoms with Crippen LogP contribution in [0.15, 0.2) is 0 Å². The summed E-state index contributed by atoms with van der Waals surface area (Å²) in [6.07, 6.45) is 13.9. The van der Waals surface area contributed by atoms with Crippen LogP contribution in [-0.4, -0.2) is 6.61 Å². The quantitative estimate of drug-likeness (QED) is 0.294. The third kappa shape index (κ3) is 19.9. The third-order valence-electron chi connectivity index (χ3n) is 2.93. The average Bonchev–Trinajstić information content (AvgIpc) is 2.30. The maximum atomic E-state index is 10.1. The maximum Gasteiger partial charge on any atom is 1.00 e. The van der Waals surface area contributed by atoms with Gasteiger partial charge < -0.3 is 12.6 Å². The zero-order valence-electron chi connectivity index (χ0n) is 12.1. The average molecular weight is 303 g/mol. The Morgan fingerprint density at radius 1 is 0.722 bits per heavy atom. The van der Waals surface area contributed by atoms with Crippen LogP contribution in [0.3, 0.4) is 0 Å². The van der Waals surface area contributed by atoms with Gasteiger partial charge in [-0.3, -0.25) is 0 Å². The minimum atomic E-state index is -2.33. The van der Waals surface area contributed by atoms with E-state index in [-0.39, 0.29) is 51.4 Å². The van der Waals surface area contributed by atoms with Crippen molar-refractivity contribution >= 4 is 11.0 Å². The van der Waals surface area contributed by atoms with Crippen molar-refractivity contribution in [1.82, 2.24) is 0 Å². The maximum absolute atomic E-state index is 10.1. The van der Waals surface area contributed by atoms with E-state index in [1.807, 2.05) is 0 Å². The van der Waals surface area contributed by atoms with Crippen LogP contribution < -0.4 is 51.4 Å². The number of rotatable bonds is 13. The summed E-state index contributed by atoms with van der Waals surface area (Å²) in [5.41, 5.74) is 0. The molecular weight excluding hydrogens is 275 g/mol. The van der Waals surface area contributed by atoms with Crippen LogP contribution >= 0.6 is 0 Å². The van der Waals surface area contributed by atoms with E-state index in [1.54, 1.807) is 0 Å². The summed E-state index contributed by atoms with van der Waals surface area (Å²) in [5, 5.41) is 0. The smallest absolute Gasteiger partial charge is 0.424 e. The molecule has 0 aromatic rings. The van der Waals surface area contributed by atoms with E-state index >= 15 is 0 Å². The molecule has 0 saturated carbocycles. The Labute approximate surface area is 157 Å². The molecular formula is C13H27KO3S. The zero-order valence-corrected chi connectivity index (χ0v) is 16.1. The Bertz CT molecular complexity index is 212. The van der Waals surface area contributed by atoms with Crippen LogP contribution in [0.25, 0.3) is 0 Å². The van der Waals surface area contributed by atoms with Gasteiger partial charge in [0.05, 0.1) is 11.0 Å². The summed E-state index contributed by atoms with van der Waals surface area (Å²) >= 11 is 0. The van der Waals surface area contributed by atoms with Crippen molar-refractivity contribution in [2.75, 3.05) is 6.61 Å². The van der Waals surface area contributed by atoms with Crippen LogP contribution in [0, 0.1) is 0 Å². The van der Waals surface area contributed by atoms with Gasteiger partial charge in [0, 0.05) is 6.61 Å². The van der Waals surface area contributed by atoms with Crippen LogP contribution in [0.4, 0.5) is 0 Å². The second-order valence-electron chi connectivity index (χ2n) is 4.56. The largest absolute Gasteiger partial charge is 1.00 e. The van der Waals surface area contributed by atoms with Gasteiger partial charge in [-0.1, -0.05) is 71.1 Å². The number of hydrogen-bond acceptors (Lipinski definition) is 4. The summed E-state index contributed by atoms with van der Waals surface area (Å²) in [5.74, 6) is 0. The first-order valence-corrected chi connectivity index (χ1v) is 8.00. The van der Waals surface area contributed by atoms with Gasteiger partial charge in [0.15, 0.2) is 0 Å². The second kappa shape index (κ2) is 18.5. The molecule has 0 amide bonds. The predicted octanol–water partition coefficient (Wildman–Crippen LogP) is 1.54. The topological polar surface area (TPSA) is 43.4 Å². The summed E-state index contributed by atoms with van der Waals surface area (Å²) in [7, 11) is -2.33. The third-order valence-corrected chi connectivity index (χ3v) is 3.29. The van der Waals surface area contributed by atoms with Crippen LogP contribution in [0.2, 0.25) is 0 Å². The molecule has 0 unspecified atom stereocenters. The van der Waals surface area contributed by atoms with Gasteiger partial charge in [0.1, 0.15) is 0 Å². The van der Waals surface area contributed by atoms with E-state index in [2.05, 4.69) is 11.1 Å². The Morgan fingerprint density at radius 2 is 1.11 bits per heavy atom. The summed E-state index contributed by atoms with van der Waals surface area (Å²) in [6, 6.07) is 0. The Kier molecular flexibility index (Phi) is 22.5. The molecule has 0 aliphatic rings. The van der Waals surface area contributed by atoms with E-state index in [0.717, 1.165) is 12.8 Å². The molecule has 0 fully saturated rings. The van der Waals surface area contributed by atoms with Gasteiger partial charge in [-0.05, 0) is 6.42 Å². The standard InChI is InChI=1S/C13H27O3S.K/c1-2-3-4-5-6-7-8-9-10-11-12-13-16-17(14)15;/h2-13H2,1H3;/q-1;+1. The fraction of sp³-hybridized carbons (Fsp3) is 1.00. The summed E-state index contributed by atoms with van der Waals surface area (Å²) in [4.78, 5) is 0. The first-order valence-electron chi connectivity index (χ1n) is 7.00. The molecule has 0 N–H and O–H groups in total. The van der Waals surface area contributed by atoms with E-state index in [1.165, 1.54) is 57.8 Å². The van der Waals surface area contributed by atoms with Gasteiger partial charge in [-0.2, -0.15) is 0 Å². The molecule has 3 nitrogen and oxygen atoms in total. The Morgan fingerprint density at radius 3 is 1.50 bits per heavy atom. The van der Waals surface area contributed by atoms with Crippen LogP contribution in [-0.2, 0) is 23.6 Å². The van der Waals surface area contributed by atoms with Crippen molar-refractivity contribution in [2.45, 2.75) is 77.6 Å². The van der Waals surface area contributed by atoms with E-state index in [9.17, 15) is 8.42 Å².